The molecule has 3 fully saturated rings. The fraction of sp³-hybridized carbons (Fsp3) is 0.581. The van der Waals surface area contributed by atoms with Crippen LogP contribution in [0.3, 0.4) is 0 Å². The number of rotatable bonds is 8. The molecule has 2 saturated carbocycles. The summed E-state index contributed by atoms with van der Waals surface area (Å²) in [5.41, 5.74) is 0.879. The normalized spacial score (nSPS) is 28.6. The zero-order valence-corrected chi connectivity index (χ0v) is 34.9. The third-order valence-corrected chi connectivity index (χ3v) is 13.9. The maximum Gasteiger partial charge on any atom is 0.408 e. The molecule has 7 rings (SSSR count). The van der Waals surface area contributed by atoms with E-state index in [0.717, 1.165) is 29.5 Å². The lowest BCUT2D eigenvalue weighted by Gasteiger charge is -2.41. The molecule has 6 atom stereocenters. The average molecular weight is 820 g/mol. The number of alkyl carbamates (subject to hydrolysis) is 1. The Bertz CT molecular complexity index is 2030. The molecule has 0 bridgehead atoms. The summed E-state index contributed by atoms with van der Waals surface area (Å²) in [6, 6.07) is 11.5. The van der Waals surface area contributed by atoms with Crippen molar-refractivity contribution in [1.29, 1.82) is 0 Å². The van der Waals surface area contributed by atoms with E-state index in [1.54, 1.807) is 39.9 Å². The van der Waals surface area contributed by atoms with Crippen molar-refractivity contribution >= 4 is 33.8 Å². The van der Waals surface area contributed by atoms with Crippen molar-refractivity contribution in [3.05, 3.63) is 71.3 Å². The Morgan fingerprint density at radius 1 is 0.966 bits per heavy atom. The third-order valence-electron chi connectivity index (χ3n) is 12.0. The molecule has 1 saturated heterocycles. The first-order chi connectivity index (χ1) is 27.6. The Hall–Kier alpha value is -4.63. The first-order valence-corrected chi connectivity index (χ1v) is 22.1. The molecule has 0 aromatic heterocycles. The highest BCUT2D eigenvalue weighted by atomic mass is 32.2. The topological polar surface area (TPSA) is 173 Å². The van der Waals surface area contributed by atoms with Crippen molar-refractivity contribution in [3.63, 3.8) is 0 Å². The van der Waals surface area contributed by atoms with Gasteiger partial charge in [0, 0.05) is 25.0 Å². The summed E-state index contributed by atoms with van der Waals surface area (Å²) >= 11 is 0. The zero-order valence-electron chi connectivity index (χ0n) is 34.1. The van der Waals surface area contributed by atoms with Gasteiger partial charge in [0.05, 0.1) is 25.5 Å². The standard InChI is InChI=1S/C43H57N5O9S/c1-42(2,3)57-41(52)44-33-17-13-8-6-7-12-16-29-25-43(29,40(51)46-58(53,54)31-18-19-31)45-38(49)34-23-30(26-48(34)39(33)50)47-21-20-28-22-35(55-4)36(56-5)24-32(28)37(47)27-14-10-9-11-15-27/h9-12,14-16,22,24,29-31,33-34,37H,6-8,13,17-21,23,25-26H2,1-5H3,(H,44,52)(H,45,49)(H,46,51)/b16-12+/t29?,30-,33?,34?,37?,43?/m1/s1. The van der Waals surface area contributed by atoms with Gasteiger partial charge in [0.25, 0.3) is 5.91 Å². The maximum atomic E-state index is 14.9. The summed E-state index contributed by atoms with van der Waals surface area (Å²) in [5, 5.41) is 5.19. The number of carbonyl (C=O) groups excluding carboxylic acids is 4. The summed E-state index contributed by atoms with van der Waals surface area (Å²) in [6.07, 6.45) is 8.54. The van der Waals surface area contributed by atoms with E-state index < -0.39 is 68.2 Å². The summed E-state index contributed by atoms with van der Waals surface area (Å²) in [4.78, 5) is 60.6. The molecule has 0 radical (unpaired) electrons. The van der Waals surface area contributed by atoms with E-state index in [0.29, 0.717) is 56.6 Å². The van der Waals surface area contributed by atoms with Crippen LogP contribution in [0.4, 0.5) is 4.79 Å². The van der Waals surface area contributed by atoms with Crippen LogP contribution in [-0.2, 0) is 35.6 Å². The SMILES string of the molecule is COc1cc2c(cc1OC)C(c1ccccc1)N([C@@H]1CC3C(=O)NC4(C(=O)NS(=O)(=O)C5CC5)CC4/C=C/CCCCCC(NC(=O)OC(C)(C)C)C(=O)N3C1)CC2. The number of hydrogen-bond acceptors (Lipinski definition) is 10. The fourth-order valence-corrected chi connectivity index (χ4v) is 10.2. The molecule has 2 aromatic rings. The minimum absolute atomic E-state index is 0.175. The number of benzene rings is 2. The first-order valence-electron chi connectivity index (χ1n) is 20.5. The fourth-order valence-electron chi connectivity index (χ4n) is 8.83. The molecular weight excluding hydrogens is 763 g/mol. The molecule has 3 heterocycles. The molecule has 3 N–H and O–H groups in total. The molecule has 4 amide bonds. The van der Waals surface area contributed by atoms with E-state index in [1.807, 2.05) is 42.5 Å². The largest absolute Gasteiger partial charge is 0.493 e. The third kappa shape index (κ3) is 8.85. The molecule has 15 heteroatoms. The van der Waals surface area contributed by atoms with Gasteiger partial charge >= 0.3 is 6.09 Å². The molecule has 58 heavy (non-hydrogen) atoms. The Kier molecular flexibility index (Phi) is 11.9. The van der Waals surface area contributed by atoms with Crippen LogP contribution in [0.15, 0.2) is 54.6 Å². The number of amides is 4. The predicted octanol–water partition coefficient (Wildman–Crippen LogP) is 4.52. The van der Waals surface area contributed by atoms with Gasteiger partial charge in [0.15, 0.2) is 11.5 Å². The number of nitrogens with zero attached hydrogens (tertiary/aromatic N) is 2. The van der Waals surface area contributed by atoms with E-state index in [9.17, 15) is 27.6 Å². The minimum Gasteiger partial charge on any atom is -0.493 e. The van der Waals surface area contributed by atoms with Gasteiger partial charge in [-0.05, 0) is 101 Å². The number of fused-ring (bicyclic) bond motifs is 3. The van der Waals surface area contributed by atoms with Gasteiger partial charge in [-0.3, -0.25) is 24.0 Å². The van der Waals surface area contributed by atoms with E-state index in [-0.39, 0.29) is 31.5 Å². The predicted molar refractivity (Wildman–Crippen MR) is 217 cm³/mol. The van der Waals surface area contributed by atoms with Crippen LogP contribution >= 0.6 is 0 Å². The summed E-state index contributed by atoms with van der Waals surface area (Å²) in [5.74, 6) is -0.902. The van der Waals surface area contributed by atoms with Gasteiger partial charge < -0.3 is 29.7 Å². The number of ether oxygens (including phenoxy) is 3. The molecule has 5 aliphatic rings. The van der Waals surface area contributed by atoms with Crippen LogP contribution in [0, 0.1) is 5.92 Å². The van der Waals surface area contributed by atoms with Crippen LogP contribution in [0.1, 0.15) is 101 Å². The zero-order chi connectivity index (χ0) is 41.4. The number of carbonyl (C=O) groups is 4. The van der Waals surface area contributed by atoms with E-state index in [2.05, 4.69) is 32.4 Å². The Labute approximate surface area is 341 Å². The van der Waals surface area contributed by atoms with Crippen molar-refractivity contribution in [2.75, 3.05) is 27.3 Å². The molecule has 314 valence electrons. The molecule has 14 nitrogen and oxygen atoms in total. The molecule has 2 aliphatic carbocycles. The molecule has 2 aromatic carbocycles. The van der Waals surface area contributed by atoms with Crippen molar-refractivity contribution in [3.8, 4) is 11.5 Å². The van der Waals surface area contributed by atoms with Crippen LogP contribution in [0.5, 0.6) is 11.5 Å². The lowest BCUT2D eigenvalue weighted by atomic mass is 9.86. The second kappa shape index (κ2) is 16.6. The van der Waals surface area contributed by atoms with Gasteiger partial charge in [-0.15, -0.1) is 0 Å². The number of hydrogen-bond donors (Lipinski definition) is 3. The van der Waals surface area contributed by atoms with E-state index >= 15 is 0 Å². The Morgan fingerprint density at radius 2 is 1.69 bits per heavy atom. The lowest BCUT2D eigenvalue weighted by Crippen LogP contribution is -2.58. The van der Waals surface area contributed by atoms with Crippen molar-refractivity contribution in [2.45, 2.75) is 126 Å². The van der Waals surface area contributed by atoms with Crippen molar-refractivity contribution in [1.82, 2.24) is 25.2 Å². The average Bonchev–Trinajstić information content (AvgIpc) is 4.11. The molecule has 3 aliphatic heterocycles. The highest BCUT2D eigenvalue weighted by Crippen LogP contribution is 2.47. The molecular formula is C43H57N5O9S. The summed E-state index contributed by atoms with van der Waals surface area (Å²) < 4.78 is 45.2. The second-order valence-corrected chi connectivity index (χ2v) is 19.3. The highest BCUT2D eigenvalue weighted by molar-refractivity contribution is 7.91. The van der Waals surface area contributed by atoms with E-state index in [1.165, 1.54) is 0 Å². The van der Waals surface area contributed by atoms with Crippen molar-refractivity contribution in [2.24, 2.45) is 5.92 Å². The van der Waals surface area contributed by atoms with Crippen LogP contribution < -0.4 is 24.8 Å². The smallest absolute Gasteiger partial charge is 0.408 e. The van der Waals surface area contributed by atoms with Crippen LogP contribution in [0.2, 0.25) is 0 Å². The monoisotopic (exact) mass is 819 g/mol. The first kappa shape index (κ1) is 41.5. The number of nitrogens with one attached hydrogen (secondary N) is 3. The lowest BCUT2D eigenvalue weighted by molar-refractivity contribution is -0.141. The minimum atomic E-state index is -3.89. The van der Waals surface area contributed by atoms with Gasteiger partial charge in [0.1, 0.15) is 23.2 Å². The highest BCUT2D eigenvalue weighted by Gasteiger charge is 2.62. The molecule has 0 spiro atoms. The van der Waals surface area contributed by atoms with Gasteiger partial charge in [-0.25, -0.2) is 13.2 Å². The van der Waals surface area contributed by atoms with E-state index in [4.69, 9.17) is 14.2 Å². The Balaban J connectivity index is 1.25. The Morgan fingerprint density at radius 3 is 2.38 bits per heavy atom. The second-order valence-electron chi connectivity index (χ2n) is 17.3. The summed E-state index contributed by atoms with van der Waals surface area (Å²) in [6.45, 7) is 6.04. The number of methoxy groups -OCH3 is 2. The van der Waals surface area contributed by atoms with Gasteiger partial charge in [-0.2, -0.15) is 0 Å². The van der Waals surface area contributed by atoms with Gasteiger partial charge in [0.2, 0.25) is 21.8 Å². The maximum absolute atomic E-state index is 14.9. The molecule has 5 unspecified atom stereocenters. The summed E-state index contributed by atoms with van der Waals surface area (Å²) in [7, 11) is -0.680. The number of allylic oxidation sites excluding steroid dienone is 1. The van der Waals surface area contributed by atoms with Crippen molar-refractivity contribution < 1.29 is 41.8 Å². The quantitative estimate of drug-likeness (QED) is 0.322. The number of sulfonamides is 1. The van der Waals surface area contributed by atoms with Gasteiger partial charge in [-0.1, -0.05) is 55.3 Å². The van der Waals surface area contributed by atoms with Crippen LogP contribution in [-0.4, -0.2) is 104 Å². The van der Waals surface area contributed by atoms with Crippen LogP contribution in [0.25, 0.3) is 0 Å².